The van der Waals surface area contributed by atoms with Crippen molar-refractivity contribution in [2.45, 2.75) is 19.4 Å². The molecule has 0 unspecified atom stereocenters. The fourth-order valence-electron chi connectivity index (χ4n) is 1.08. The quantitative estimate of drug-likeness (QED) is 0.488. The highest BCUT2D eigenvalue weighted by molar-refractivity contribution is 14.1. The maximum atomic E-state index is 10.4. The van der Waals surface area contributed by atoms with Crippen molar-refractivity contribution in [2.24, 2.45) is 0 Å². The molecule has 0 heterocycles. The Morgan fingerprint density at radius 1 is 1.62 bits per heavy atom. The van der Waals surface area contributed by atoms with Gasteiger partial charge in [0.2, 0.25) is 6.04 Å². The second-order valence-corrected chi connectivity index (χ2v) is 4.21. The molecule has 4 heteroatoms. The van der Waals surface area contributed by atoms with Gasteiger partial charge in [0.1, 0.15) is 0 Å². The molecule has 1 atom stereocenters. The first-order valence-electron chi connectivity index (χ1n) is 3.97. The van der Waals surface area contributed by atoms with Gasteiger partial charge in [-0.3, -0.25) is 10.1 Å². The summed E-state index contributed by atoms with van der Waals surface area (Å²) < 4.78 is 1.12. The molecule has 0 saturated heterocycles. The van der Waals surface area contributed by atoms with E-state index < -0.39 is 6.04 Å². The number of benzene rings is 1. The smallest absolute Gasteiger partial charge is 0.214 e. The predicted octanol–water partition coefficient (Wildman–Crippen LogP) is 2.50. The van der Waals surface area contributed by atoms with Gasteiger partial charge in [-0.2, -0.15) is 0 Å². The molecular formula is C9H10INO2. The lowest BCUT2D eigenvalue weighted by molar-refractivity contribution is -0.517. The minimum atomic E-state index is -0.502. The molecule has 0 N–H and O–H groups in total. The molecule has 1 aromatic carbocycles. The molecule has 0 amide bonds. The Kier molecular flexibility index (Phi) is 3.65. The van der Waals surface area contributed by atoms with Crippen molar-refractivity contribution < 1.29 is 4.92 Å². The average molecular weight is 291 g/mol. The van der Waals surface area contributed by atoms with Crippen LogP contribution < -0.4 is 0 Å². The first-order chi connectivity index (χ1) is 6.09. The Balaban J connectivity index is 2.69. The van der Waals surface area contributed by atoms with Gasteiger partial charge < -0.3 is 0 Å². The lowest BCUT2D eigenvalue weighted by Gasteiger charge is -2.03. The van der Waals surface area contributed by atoms with Gasteiger partial charge in [-0.1, -0.05) is 12.1 Å². The third-order valence-corrected chi connectivity index (χ3v) is 2.45. The SMILES string of the molecule is C[C@H](Cc1cccc(I)c1)[N+](=O)[O-]. The van der Waals surface area contributed by atoms with Crippen LogP contribution in [-0.4, -0.2) is 11.0 Å². The number of nitro groups is 1. The van der Waals surface area contributed by atoms with Crippen LogP contribution in [0.2, 0.25) is 0 Å². The van der Waals surface area contributed by atoms with Gasteiger partial charge in [-0.05, 0) is 40.3 Å². The van der Waals surface area contributed by atoms with E-state index in [4.69, 9.17) is 0 Å². The van der Waals surface area contributed by atoms with Crippen molar-refractivity contribution in [2.75, 3.05) is 0 Å². The molecule has 13 heavy (non-hydrogen) atoms. The zero-order chi connectivity index (χ0) is 9.84. The third-order valence-electron chi connectivity index (χ3n) is 1.78. The van der Waals surface area contributed by atoms with Crippen molar-refractivity contribution in [1.29, 1.82) is 0 Å². The number of halogens is 1. The van der Waals surface area contributed by atoms with E-state index in [2.05, 4.69) is 22.6 Å². The van der Waals surface area contributed by atoms with E-state index in [1.165, 1.54) is 0 Å². The molecule has 0 saturated carbocycles. The second kappa shape index (κ2) is 4.55. The fourth-order valence-corrected chi connectivity index (χ4v) is 1.69. The van der Waals surface area contributed by atoms with Crippen LogP contribution >= 0.6 is 22.6 Å². The monoisotopic (exact) mass is 291 g/mol. The van der Waals surface area contributed by atoms with Gasteiger partial charge in [0.05, 0.1) is 0 Å². The van der Waals surface area contributed by atoms with E-state index >= 15 is 0 Å². The van der Waals surface area contributed by atoms with Gasteiger partial charge in [-0.25, -0.2) is 0 Å². The van der Waals surface area contributed by atoms with Crippen molar-refractivity contribution in [3.63, 3.8) is 0 Å². The molecule has 0 spiro atoms. The minimum Gasteiger partial charge on any atom is -0.264 e. The van der Waals surface area contributed by atoms with Crippen LogP contribution in [0.1, 0.15) is 12.5 Å². The molecule has 0 radical (unpaired) electrons. The topological polar surface area (TPSA) is 43.1 Å². The first-order valence-corrected chi connectivity index (χ1v) is 5.05. The lowest BCUT2D eigenvalue weighted by Crippen LogP contribution is -2.17. The molecule has 0 aliphatic carbocycles. The Labute approximate surface area is 90.4 Å². The first kappa shape index (κ1) is 10.4. The van der Waals surface area contributed by atoms with Crippen LogP contribution in [0, 0.1) is 13.7 Å². The summed E-state index contributed by atoms with van der Waals surface area (Å²) in [6, 6.07) is 7.28. The van der Waals surface area contributed by atoms with Crippen molar-refractivity contribution in [3.05, 3.63) is 43.5 Å². The van der Waals surface area contributed by atoms with E-state index in [-0.39, 0.29) is 4.92 Å². The number of rotatable bonds is 3. The van der Waals surface area contributed by atoms with Gasteiger partial charge in [0.15, 0.2) is 0 Å². The van der Waals surface area contributed by atoms with E-state index in [9.17, 15) is 10.1 Å². The van der Waals surface area contributed by atoms with Crippen molar-refractivity contribution >= 4 is 22.6 Å². The third kappa shape index (κ3) is 3.30. The fraction of sp³-hybridized carbons (Fsp3) is 0.333. The number of nitrogens with zero attached hydrogens (tertiary/aromatic N) is 1. The van der Waals surface area contributed by atoms with Crippen LogP contribution in [0.15, 0.2) is 24.3 Å². The highest BCUT2D eigenvalue weighted by Crippen LogP contribution is 2.10. The highest BCUT2D eigenvalue weighted by atomic mass is 127. The van der Waals surface area contributed by atoms with Crippen LogP contribution in [0.5, 0.6) is 0 Å². The summed E-state index contributed by atoms with van der Waals surface area (Å²) in [4.78, 5) is 10.1. The molecule has 70 valence electrons. The lowest BCUT2D eigenvalue weighted by atomic mass is 10.1. The number of hydrogen-bond donors (Lipinski definition) is 0. The highest BCUT2D eigenvalue weighted by Gasteiger charge is 2.12. The minimum absolute atomic E-state index is 0.250. The summed E-state index contributed by atoms with van der Waals surface area (Å²) in [5, 5.41) is 10.4. The second-order valence-electron chi connectivity index (χ2n) is 2.97. The maximum absolute atomic E-state index is 10.4. The Morgan fingerprint density at radius 3 is 2.85 bits per heavy atom. The van der Waals surface area contributed by atoms with Gasteiger partial charge in [0.25, 0.3) is 0 Å². The summed E-state index contributed by atoms with van der Waals surface area (Å²) in [7, 11) is 0. The van der Waals surface area contributed by atoms with Crippen LogP contribution in [-0.2, 0) is 6.42 Å². The molecule has 3 nitrogen and oxygen atoms in total. The maximum Gasteiger partial charge on any atom is 0.214 e. The zero-order valence-electron chi connectivity index (χ0n) is 7.24. The van der Waals surface area contributed by atoms with Crippen molar-refractivity contribution in [1.82, 2.24) is 0 Å². The van der Waals surface area contributed by atoms with E-state index in [0.29, 0.717) is 6.42 Å². The molecule has 0 aromatic heterocycles. The molecule has 0 fully saturated rings. The van der Waals surface area contributed by atoms with E-state index in [1.54, 1.807) is 6.92 Å². The summed E-state index contributed by atoms with van der Waals surface area (Å²) in [5.74, 6) is 0. The summed E-state index contributed by atoms with van der Waals surface area (Å²) in [6.45, 7) is 1.62. The van der Waals surface area contributed by atoms with Crippen LogP contribution in [0.4, 0.5) is 0 Å². The molecule has 0 aliphatic rings. The zero-order valence-corrected chi connectivity index (χ0v) is 9.39. The average Bonchev–Trinajstić information content (AvgIpc) is 2.04. The molecular weight excluding hydrogens is 281 g/mol. The molecule has 1 rings (SSSR count). The standard InChI is InChI=1S/C9H10INO2/c1-7(11(12)13)5-8-3-2-4-9(10)6-8/h2-4,6-7H,5H2,1H3/t7-/m1/s1. The summed E-state index contributed by atoms with van der Waals surface area (Å²) in [5.41, 5.74) is 1.02. The van der Waals surface area contributed by atoms with Gasteiger partial charge in [0, 0.05) is 21.8 Å². The molecule has 0 bridgehead atoms. The van der Waals surface area contributed by atoms with Gasteiger partial charge in [-0.15, -0.1) is 0 Å². The molecule has 1 aromatic rings. The van der Waals surface area contributed by atoms with E-state index in [0.717, 1.165) is 9.13 Å². The Bertz CT molecular complexity index is 314. The largest absolute Gasteiger partial charge is 0.264 e. The predicted molar refractivity (Wildman–Crippen MR) is 59.3 cm³/mol. The van der Waals surface area contributed by atoms with Crippen molar-refractivity contribution in [3.8, 4) is 0 Å². The summed E-state index contributed by atoms with van der Waals surface area (Å²) in [6.07, 6.45) is 0.504. The summed E-state index contributed by atoms with van der Waals surface area (Å²) >= 11 is 2.20. The van der Waals surface area contributed by atoms with Crippen LogP contribution in [0.3, 0.4) is 0 Å². The Morgan fingerprint density at radius 2 is 2.31 bits per heavy atom. The van der Waals surface area contributed by atoms with E-state index in [1.807, 2.05) is 24.3 Å². The normalized spacial score (nSPS) is 12.5. The van der Waals surface area contributed by atoms with Gasteiger partial charge >= 0.3 is 0 Å². The molecule has 0 aliphatic heterocycles. The Hall–Kier alpha value is -0.650. The van der Waals surface area contributed by atoms with Crippen LogP contribution in [0.25, 0.3) is 0 Å². The number of hydrogen-bond acceptors (Lipinski definition) is 2.